The van der Waals surface area contributed by atoms with Crippen LogP contribution in [0.4, 0.5) is 23.3 Å². The lowest BCUT2D eigenvalue weighted by Gasteiger charge is -2.33. The summed E-state index contributed by atoms with van der Waals surface area (Å²) < 4.78 is 5.68. The maximum Gasteiger partial charge on any atom is 0.251 e. The third-order valence-electron chi connectivity index (χ3n) is 9.45. The largest absolute Gasteiger partial charge is 0.382 e. The molecule has 14 nitrogen and oxygen atoms in total. The van der Waals surface area contributed by atoms with Crippen LogP contribution in [-0.2, 0) is 9.53 Å². The van der Waals surface area contributed by atoms with E-state index in [4.69, 9.17) is 26.2 Å². The lowest BCUT2D eigenvalue weighted by Crippen LogP contribution is -2.51. The highest BCUT2D eigenvalue weighted by Crippen LogP contribution is 2.30. The first-order valence-electron chi connectivity index (χ1n) is 17.0. The first kappa shape index (κ1) is 32.3. The molecular weight excluding hydrogens is 620 g/mol. The van der Waals surface area contributed by atoms with Gasteiger partial charge in [-0.3, -0.25) is 9.78 Å². The number of aromatic nitrogens is 7. The van der Waals surface area contributed by atoms with E-state index in [2.05, 4.69) is 47.3 Å². The molecule has 5 N–H and O–H groups in total. The minimum atomic E-state index is -0.476. The van der Waals surface area contributed by atoms with Gasteiger partial charge in [-0.25, -0.2) is 29.9 Å². The molecule has 254 valence electrons. The molecule has 2 aliphatic heterocycles. The minimum Gasteiger partial charge on any atom is -0.382 e. The Labute approximate surface area is 284 Å². The van der Waals surface area contributed by atoms with Gasteiger partial charge in [-0.2, -0.15) is 0 Å². The summed E-state index contributed by atoms with van der Waals surface area (Å²) in [6.45, 7) is 5.60. The van der Waals surface area contributed by atoms with Crippen molar-refractivity contribution in [2.75, 3.05) is 54.1 Å². The number of aryl methyl sites for hydroxylation is 1. The number of nitrogens with zero attached hydrogens (tertiary/aromatic N) is 9. The van der Waals surface area contributed by atoms with Crippen LogP contribution in [0.15, 0.2) is 55.1 Å². The van der Waals surface area contributed by atoms with Crippen LogP contribution in [0.5, 0.6) is 0 Å². The lowest BCUT2D eigenvalue weighted by atomic mass is 9.94. The summed E-state index contributed by atoms with van der Waals surface area (Å²) in [7, 11) is 0. The summed E-state index contributed by atoms with van der Waals surface area (Å²) in [6, 6.07) is 14.3. The fourth-order valence-corrected chi connectivity index (χ4v) is 6.85. The summed E-state index contributed by atoms with van der Waals surface area (Å²) in [4.78, 5) is 47.2. The normalized spacial score (nSPS) is 19.9. The van der Waals surface area contributed by atoms with Crippen molar-refractivity contribution in [2.45, 2.75) is 63.5 Å². The number of hydrogen-bond acceptors (Lipinski definition) is 13. The van der Waals surface area contributed by atoms with Crippen molar-refractivity contribution in [1.82, 2.24) is 40.2 Å². The van der Waals surface area contributed by atoms with E-state index < -0.39 is 6.10 Å². The maximum absolute atomic E-state index is 12.5. The monoisotopic (exact) mass is 662 g/mol. The molecule has 49 heavy (non-hydrogen) atoms. The van der Waals surface area contributed by atoms with Crippen LogP contribution >= 0.6 is 0 Å². The average Bonchev–Trinajstić information content (AvgIpc) is 3.65. The number of rotatable bonds is 5. The highest BCUT2D eigenvalue weighted by Gasteiger charge is 2.30. The summed E-state index contributed by atoms with van der Waals surface area (Å²) in [5.41, 5.74) is 16.8. The zero-order valence-electron chi connectivity index (χ0n) is 27.7. The molecule has 5 aromatic rings. The van der Waals surface area contributed by atoms with Crippen molar-refractivity contribution < 1.29 is 9.53 Å². The number of ether oxygens (including phenoxy) is 1. The van der Waals surface area contributed by atoms with Crippen molar-refractivity contribution in [2.24, 2.45) is 0 Å². The van der Waals surface area contributed by atoms with Gasteiger partial charge in [0.05, 0.1) is 24.2 Å². The highest BCUT2D eigenvalue weighted by molar-refractivity contribution is 5.86. The molecule has 7 heterocycles. The number of nitrogen functional groups attached to an aromatic ring is 2. The zero-order valence-corrected chi connectivity index (χ0v) is 27.7. The standard InChI is InChI=1S/C18H20N6.C17H22N6O2/c1-12-4-2-6-14(22-12)13-5-3-9-24(10-13)16-8-7-15-17(23-16)18(19)21-11-20-15;18-16-15-12(19-10-20-16)5-6-14(22-15)23-7-8-25-13(9-23)17(24)21-11-3-1-2-4-11/h2,4,6-8,11,13H,3,5,9-10H2,1H3,(H2,19,20,21);5-6,10-11,13H,1-4,7-9H2,(H,21,24)(H2,18,19,20). The van der Waals surface area contributed by atoms with Crippen molar-refractivity contribution in [3.63, 3.8) is 0 Å². The molecule has 0 radical (unpaired) electrons. The Kier molecular flexibility index (Phi) is 9.55. The summed E-state index contributed by atoms with van der Waals surface area (Å²) in [5.74, 6) is 2.88. The quantitative estimate of drug-likeness (QED) is 0.248. The molecule has 1 amide bonds. The molecule has 14 heteroatoms. The third kappa shape index (κ3) is 7.43. The molecule has 8 rings (SSSR count). The first-order valence-corrected chi connectivity index (χ1v) is 17.0. The molecule has 0 bridgehead atoms. The molecule has 1 aliphatic carbocycles. The van der Waals surface area contributed by atoms with Crippen molar-refractivity contribution in [1.29, 1.82) is 0 Å². The van der Waals surface area contributed by atoms with Crippen LogP contribution in [0, 0.1) is 6.92 Å². The van der Waals surface area contributed by atoms with Crippen molar-refractivity contribution in [3.05, 3.63) is 66.5 Å². The number of nitrogens with one attached hydrogen (secondary N) is 1. The van der Waals surface area contributed by atoms with Gasteiger partial charge in [0.2, 0.25) is 0 Å². The van der Waals surface area contributed by atoms with E-state index in [1.165, 1.54) is 31.2 Å². The molecule has 1 saturated carbocycles. The molecule has 2 unspecified atom stereocenters. The molecule has 3 aliphatic rings. The zero-order chi connectivity index (χ0) is 33.7. The first-order chi connectivity index (χ1) is 23.9. The smallest absolute Gasteiger partial charge is 0.251 e. The van der Waals surface area contributed by atoms with E-state index >= 15 is 0 Å². The summed E-state index contributed by atoms with van der Waals surface area (Å²) in [6.07, 6.45) is 9.21. The Morgan fingerprint density at radius 2 is 1.43 bits per heavy atom. The molecule has 0 aromatic carbocycles. The highest BCUT2D eigenvalue weighted by atomic mass is 16.5. The summed E-state index contributed by atoms with van der Waals surface area (Å²) >= 11 is 0. The minimum absolute atomic E-state index is 0.0276. The van der Waals surface area contributed by atoms with Gasteiger partial charge >= 0.3 is 0 Å². The second-order valence-electron chi connectivity index (χ2n) is 12.9. The van der Waals surface area contributed by atoms with E-state index in [1.54, 1.807) is 0 Å². The fraction of sp³-hybridized carbons (Fsp3) is 0.429. The average molecular weight is 663 g/mol. The number of nitrogens with two attached hydrogens (primary N) is 2. The number of fused-ring (bicyclic) bond motifs is 2. The SMILES string of the molecule is Cc1cccc(C2CCCN(c3ccc4ncnc(N)c4n3)C2)n1.Nc1ncnc2ccc(N3CCOC(C(=O)NC4CCCC4)C3)nc12. The molecular formula is C35H42N12O2. The fourth-order valence-electron chi connectivity index (χ4n) is 6.85. The molecule has 2 saturated heterocycles. The van der Waals surface area contributed by atoms with E-state index in [1.807, 2.05) is 42.2 Å². The van der Waals surface area contributed by atoms with Crippen LogP contribution in [0.3, 0.4) is 0 Å². The number of carbonyl (C=O) groups is 1. The number of pyridine rings is 3. The van der Waals surface area contributed by atoms with Gasteiger partial charge in [-0.15, -0.1) is 0 Å². The second-order valence-corrected chi connectivity index (χ2v) is 12.9. The summed E-state index contributed by atoms with van der Waals surface area (Å²) in [5, 5.41) is 3.11. The van der Waals surface area contributed by atoms with Gasteiger partial charge in [-0.1, -0.05) is 18.9 Å². The molecule has 2 atom stereocenters. The predicted molar refractivity (Wildman–Crippen MR) is 189 cm³/mol. The number of amides is 1. The van der Waals surface area contributed by atoms with E-state index in [9.17, 15) is 4.79 Å². The van der Waals surface area contributed by atoms with E-state index in [-0.39, 0.29) is 5.91 Å². The lowest BCUT2D eigenvalue weighted by molar-refractivity contribution is -0.134. The van der Waals surface area contributed by atoms with Crippen molar-refractivity contribution >= 4 is 51.2 Å². The van der Waals surface area contributed by atoms with Gasteiger partial charge in [0.15, 0.2) is 17.7 Å². The van der Waals surface area contributed by atoms with Crippen LogP contribution in [0.1, 0.15) is 55.8 Å². The number of anilines is 4. The molecule has 3 fully saturated rings. The van der Waals surface area contributed by atoms with Crippen LogP contribution in [0.25, 0.3) is 22.1 Å². The van der Waals surface area contributed by atoms with Gasteiger partial charge in [0, 0.05) is 43.0 Å². The molecule has 5 aromatic heterocycles. The Morgan fingerprint density at radius 3 is 2.08 bits per heavy atom. The Hall–Kier alpha value is -5.24. The Bertz CT molecular complexity index is 1930. The Morgan fingerprint density at radius 1 is 0.776 bits per heavy atom. The van der Waals surface area contributed by atoms with Crippen LogP contribution in [-0.4, -0.2) is 85.7 Å². The maximum atomic E-state index is 12.5. The van der Waals surface area contributed by atoms with E-state index in [0.717, 1.165) is 61.6 Å². The van der Waals surface area contributed by atoms with E-state index in [0.29, 0.717) is 59.8 Å². The van der Waals surface area contributed by atoms with Gasteiger partial charge in [0.1, 0.15) is 35.3 Å². The van der Waals surface area contributed by atoms with Gasteiger partial charge in [0.25, 0.3) is 5.91 Å². The number of morpholine rings is 1. The number of hydrogen-bond donors (Lipinski definition) is 3. The van der Waals surface area contributed by atoms with Crippen LogP contribution < -0.4 is 26.6 Å². The van der Waals surface area contributed by atoms with Gasteiger partial charge < -0.3 is 31.3 Å². The van der Waals surface area contributed by atoms with Crippen LogP contribution in [0.2, 0.25) is 0 Å². The predicted octanol–water partition coefficient (Wildman–Crippen LogP) is 3.57. The number of piperidine rings is 1. The topological polar surface area (TPSA) is 187 Å². The Balaban J connectivity index is 0.000000154. The van der Waals surface area contributed by atoms with Gasteiger partial charge in [-0.05, 0) is 69.0 Å². The number of carbonyl (C=O) groups excluding carboxylic acids is 1. The molecule has 0 spiro atoms. The second kappa shape index (κ2) is 14.5. The third-order valence-corrected chi connectivity index (χ3v) is 9.45. The van der Waals surface area contributed by atoms with Crippen molar-refractivity contribution in [3.8, 4) is 0 Å².